The number of carbonyl (C=O) groups is 1. The van der Waals surface area contributed by atoms with E-state index in [2.05, 4.69) is 0 Å². The highest BCUT2D eigenvalue weighted by molar-refractivity contribution is 5.78. The summed E-state index contributed by atoms with van der Waals surface area (Å²) in [5.41, 5.74) is 5.63. The lowest BCUT2D eigenvalue weighted by Crippen LogP contribution is -2.47. The van der Waals surface area contributed by atoms with Gasteiger partial charge in [0, 0.05) is 12.6 Å². The first-order valence-electron chi connectivity index (χ1n) is 6.20. The third kappa shape index (κ3) is 5.68. The normalized spacial score (nSPS) is 22.6. The molecule has 1 rings (SSSR count). The number of halogens is 3. The molecule has 1 heterocycles. The molecule has 1 aliphatic heterocycles. The Balaban J connectivity index is 2.40. The van der Waals surface area contributed by atoms with Gasteiger partial charge >= 0.3 is 6.18 Å². The molecule has 0 aromatic carbocycles. The number of hydrogen-bond donors (Lipinski definition) is 2. The van der Waals surface area contributed by atoms with Crippen molar-refractivity contribution in [1.29, 1.82) is 0 Å². The van der Waals surface area contributed by atoms with Gasteiger partial charge in [-0.2, -0.15) is 13.2 Å². The smallest absolute Gasteiger partial charge is 0.346 e. The maximum Gasteiger partial charge on any atom is 0.405 e. The van der Waals surface area contributed by atoms with E-state index in [1.165, 1.54) is 0 Å². The quantitative estimate of drug-likeness (QED) is 0.794. The first kappa shape index (κ1) is 15.2. The van der Waals surface area contributed by atoms with Crippen molar-refractivity contribution < 1.29 is 18.0 Å². The summed E-state index contributed by atoms with van der Waals surface area (Å²) in [7, 11) is 0. The molecule has 1 atom stereocenters. The summed E-state index contributed by atoms with van der Waals surface area (Å²) in [4.78, 5) is 13.3. The van der Waals surface area contributed by atoms with E-state index in [9.17, 15) is 18.0 Å². The molecule has 1 saturated heterocycles. The zero-order chi connectivity index (χ0) is 13.6. The molecule has 0 aromatic rings. The number of alkyl halides is 3. The third-order valence-electron chi connectivity index (χ3n) is 3.10. The van der Waals surface area contributed by atoms with Crippen molar-refractivity contribution in [2.24, 2.45) is 5.73 Å². The third-order valence-corrected chi connectivity index (χ3v) is 3.10. The van der Waals surface area contributed by atoms with E-state index in [1.54, 1.807) is 0 Å². The number of amides is 1. The molecule has 0 radical (unpaired) electrons. The monoisotopic (exact) mass is 267 g/mol. The van der Waals surface area contributed by atoms with Crippen LogP contribution < -0.4 is 11.1 Å². The van der Waals surface area contributed by atoms with Crippen molar-refractivity contribution in [2.75, 3.05) is 26.2 Å². The fraction of sp³-hybridized carbons (Fsp3) is 0.909. The van der Waals surface area contributed by atoms with Crippen LogP contribution in [-0.2, 0) is 4.79 Å². The van der Waals surface area contributed by atoms with Gasteiger partial charge in [-0.05, 0) is 19.4 Å². The molecule has 18 heavy (non-hydrogen) atoms. The van der Waals surface area contributed by atoms with Gasteiger partial charge in [-0.3, -0.25) is 9.69 Å². The van der Waals surface area contributed by atoms with Gasteiger partial charge in [0.05, 0.1) is 6.54 Å². The molecule has 1 fully saturated rings. The summed E-state index contributed by atoms with van der Waals surface area (Å²) in [6.07, 6.45) is -0.354. The van der Waals surface area contributed by atoms with Gasteiger partial charge in [0.15, 0.2) is 0 Å². The van der Waals surface area contributed by atoms with E-state index in [-0.39, 0.29) is 12.6 Å². The van der Waals surface area contributed by atoms with Crippen LogP contribution in [-0.4, -0.2) is 49.2 Å². The summed E-state index contributed by atoms with van der Waals surface area (Å²) < 4.78 is 35.9. The molecular formula is C11H20F3N3O. The molecule has 0 saturated carbocycles. The first-order valence-corrected chi connectivity index (χ1v) is 6.20. The van der Waals surface area contributed by atoms with Crippen LogP contribution in [0.15, 0.2) is 0 Å². The second-order valence-corrected chi connectivity index (χ2v) is 4.60. The van der Waals surface area contributed by atoms with E-state index in [0.717, 1.165) is 32.2 Å². The van der Waals surface area contributed by atoms with Gasteiger partial charge in [0.2, 0.25) is 5.91 Å². The van der Waals surface area contributed by atoms with Crippen LogP contribution in [0.25, 0.3) is 0 Å². The largest absolute Gasteiger partial charge is 0.405 e. The molecule has 0 spiro atoms. The fourth-order valence-electron chi connectivity index (χ4n) is 2.15. The van der Waals surface area contributed by atoms with Gasteiger partial charge in [-0.25, -0.2) is 0 Å². The average Bonchev–Trinajstić information content (AvgIpc) is 2.50. The van der Waals surface area contributed by atoms with Crippen molar-refractivity contribution in [3.63, 3.8) is 0 Å². The predicted molar refractivity (Wildman–Crippen MR) is 61.9 cm³/mol. The molecule has 3 N–H and O–H groups in total. The second kappa shape index (κ2) is 6.94. The molecule has 1 aliphatic rings. The van der Waals surface area contributed by atoms with E-state index >= 15 is 0 Å². The Morgan fingerprint density at radius 2 is 2.06 bits per heavy atom. The highest BCUT2D eigenvalue weighted by Gasteiger charge is 2.28. The van der Waals surface area contributed by atoms with Crippen molar-refractivity contribution in [3.8, 4) is 0 Å². The predicted octanol–water partition coefficient (Wildman–Crippen LogP) is 0.868. The van der Waals surface area contributed by atoms with E-state index in [4.69, 9.17) is 5.73 Å². The molecular weight excluding hydrogens is 247 g/mol. The maximum absolute atomic E-state index is 12.0. The highest BCUT2D eigenvalue weighted by atomic mass is 19.4. The Kier molecular flexibility index (Phi) is 5.87. The van der Waals surface area contributed by atoms with Gasteiger partial charge in [0.1, 0.15) is 6.54 Å². The number of nitrogens with zero attached hydrogens (tertiary/aromatic N) is 1. The van der Waals surface area contributed by atoms with E-state index in [0.29, 0.717) is 6.54 Å². The molecule has 4 nitrogen and oxygen atoms in total. The topological polar surface area (TPSA) is 58.4 Å². The number of likely N-dealkylation sites (tertiary alicyclic amines) is 1. The lowest BCUT2D eigenvalue weighted by atomic mass is 10.1. The minimum atomic E-state index is -4.36. The standard InChI is InChI=1S/C11H20F3N3O/c12-11(13,14)8-16-10(18)7-17-5-3-1-2-4-9(17)6-15/h9H,1-8,15H2,(H,16,18). The molecule has 7 heteroatoms. The Hall–Kier alpha value is -0.820. The minimum Gasteiger partial charge on any atom is -0.346 e. The Morgan fingerprint density at radius 3 is 2.67 bits per heavy atom. The minimum absolute atomic E-state index is 0.00204. The summed E-state index contributed by atoms with van der Waals surface area (Å²) in [6, 6.07) is 0.101. The van der Waals surface area contributed by atoms with E-state index < -0.39 is 18.6 Å². The lowest BCUT2D eigenvalue weighted by Gasteiger charge is -2.28. The van der Waals surface area contributed by atoms with Crippen LogP contribution in [0.1, 0.15) is 25.7 Å². The summed E-state index contributed by atoms with van der Waals surface area (Å²) in [6.45, 7) is -0.112. The number of carbonyl (C=O) groups excluding carboxylic acids is 1. The number of hydrogen-bond acceptors (Lipinski definition) is 3. The molecule has 0 aromatic heterocycles. The number of nitrogens with two attached hydrogens (primary N) is 1. The van der Waals surface area contributed by atoms with Crippen LogP contribution in [0.4, 0.5) is 13.2 Å². The van der Waals surface area contributed by atoms with Crippen molar-refractivity contribution in [2.45, 2.75) is 37.9 Å². The summed E-state index contributed by atoms with van der Waals surface area (Å²) in [5.74, 6) is -0.590. The zero-order valence-electron chi connectivity index (χ0n) is 10.3. The Labute approximate surface area is 105 Å². The Bertz CT molecular complexity index is 271. The van der Waals surface area contributed by atoms with Crippen LogP contribution in [0.5, 0.6) is 0 Å². The lowest BCUT2D eigenvalue weighted by molar-refractivity contribution is -0.139. The van der Waals surface area contributed by atoms with Gasteiger partial charge < -0.3 is 11.1 Å². The van der Waals surface area contributed by atoms with Crippen molar-refractivity contribution in [1.82, 2.24) is 10.2 Å². The average molecular weight is 267 g/mol. The van der Waals surface area contributed by atoms with Crippen LogP contribution >= 0.6 is 0 Å². The molecule has 1 unspecified atom stereocenters. The molecule has 0 aliphatic carbocycles. The van der Waals surface area contributed by atoms with E-state index in [1.807, 2.05) is 10.2 Å². The molecule has 106 valence electrons. The maximum atomic E-state index is 12.0. The van der Waals surface area contributed by atoms with Crippen molar-refractivity contribution in [3.05, 3.63) is 0 Å². The van der Waals surface area contributed by atoms with Gasteiger partial charge in [-0.1, -0.05) is 12.8 Å². The zero-order valence-corrected chi connectivity index (χ0v) is 10.3. The number of rotatable bonds is 4. The van der Waals surface area contributed by atoms with Crippen LogP contribution in [0.3, 0.4) is 0 Å². The Morgan fingerprint density at radius 1 is 1.33 bits per heavy atom. The van der Waals surface area contributed by atoms with Crippen LogP contribution in [0, 0.1) is 0 Å². The SMILES string of the molecule is NCC1CCCCCN1CC(=O)NCC(F)(F)F. The summed E-state index contributed by atoms with van der Waals surface area (Å²) in [5, 5.41) is 1.89. The second-order valence-electron chi connectivity index (χ2n) is 4.60. The van der Waals surface area contributed by atoms with Gasteiger partial charge in [0.25, 0.3) is 0 Å². The fourth-order valence-corrected chi connectivity index (χ4v) is 2.15. The molecule has 1 amide bonds. The molecule has 0 bridgehead atoms. The van der Waals surface area contributed by atoms with Crippen molar-refractivity contribution >= 4 is 5.91 Å². The number of nitrogens with one attached hydrogen (secondary N) is 1. The highest BCUT2D eigenvalue weighted by Crippen LogP contribution is 2.16. The van der Waals surface area contributed by atoms with Crippen LogP contribution in [0.2, 0.25) is 0 Å². The van der Waals surface area contributed by atoms with Gasteiger partial charge in [-0.15, -0.1) is 0 Å². The summed E-state index contributed by atoms with van der Waals surface area (Å²) >= 11 is 0. The first-order chi connectivity index (χ1) is 8.42.